The topological polar surface area (TPSA) is 95.9 Å². The number of amides is 2. The fourth-order valence-electron chi connectivity index (χ4n) is 4.68. The molecule has 0 bridgehead atoms. The minimum absolute atomic E-state index is 0.0362. The van der Waals surface area contributed by atoms with Crippen molar-refractivity contribution in [3.63, 3.8) is 0 Å². The third-order valence-electron chi connectivity index (χ3n) is 6.71. The van der Waals surface area contributed by atoms with Crippen LogP contribution in [0.1, 0.15) is 48.4 Å². The van der Waals surface area contributed by atoms with Crippen LogP contribution in [0.25, 0.3) is 0 Å². The summed E-state index contributed by atoms with van der Waals surface area (Å²) in [5, 5.41) is 13.0. The number of esters is 1. The largest absolute Gasteiger partial charge is 0.463 e. The highest BCUT2D eigenvalue weighted by atomic mass is 16.5. The first kappa shape index (κ1) is 24.7. The molecular weight excluding hydrogens is 444 g/mol. The molecule has 0 unspecified atom stereocenters. The maximum atomic E-state index is 13.4. The molecule has 7 nitrogen and oxygen atoms in total. The van der Waals surface area contributed by atoms with Crippen LogP contribution in [-0.2, 0) is 32.1 Å². The maximum Gasteiger partial charge on any atom is 0.306 e. The fourth-order valence-corrected chi connectivity index (χ4v) is 4.68. The number of hydrogen-bond donors (Lipinski definition) is 2. The molecule has 4 rings (SSSR count). The summed E-state index contributed by atoms with van der Waals surface area (Å²) in [5.41, 5.74) is 3.04. The molecule has 0 spiro atoms. The van der Waals surface area contributed by atoms with Gasteiger partial charge in [0.2, 0.25) is 11.8 Å². The number of ether oxygens (including phenoxy) is 1. The number of aliphatic hydroxyl groups is 1. The fraction of sp³-hybridized carbons (Fsp3) is 0.393. The highest BCUT2D eigenvalue weighted by molar-refractivity contribution is 5.86. The van der Waals surface area contributed by atoms with Gasteiger partial charge in [0.25, 0.3) is 0 Å². The van der Waals surface area contributed by atoms with E-state index in [0.29, 0.717) is 25.8 Å². The third-order valence-corrected chi connectivity index (χ3v) is 6.71. The van der Waals surface area contributed by atoms with E-state index in [4.69, 9.17) is 4.74 Å². The molecule has 0 radical (unpaired) electrons. The smallest absolute Gasteiger partial charge is 0.306 e. The quantitative estimate of drug-likeness (QED) is 0.522. The van der Waals surface area contributed by atoms with Crippen molar-refractivity contribution in [1.29, 1.82) is 0 Å². The van der Waals surface area contributed by atoms with Crippen LogP contribution in [0, 0.1) is 5.92 Å². The average Bonchev–Trinajstić information content (AvgIpc) is 2.88. The van der Waals surface area contributed by atoms with Gasteiger partial charge in [-0.3, -0.25) is 14.4 Å². The van der Waals surface area contributed by atoms with Gasteiger partial charge in [0, 0.05) is 19.4 Å². The Labute approximate surface area is 205 Å². The summed E-state index contributed by atoms with van der Waals surface area (Å²) in [7, 11) is 0. The first-order valence-corrected chi connectivity index (χ1v) is 12.2. The molecule has 184 valence electrons. The van der Waals surface area contributed by atoms with Gasteiger partial charge < -0.3 is 20.1 Å². The Morgan fingerprint density at radius 1 is 1.03 bits per heavy atom. The summed E-state index contributed by atoms with van der Waals surface area (Å²) < 4.78 is 5.41. The van der Waals surface area contributed by atoms with E-state index in [1.54, 1.807) is 4.90 Å². The van der Waals surface area contributed by atoms with Crippen LogP contribution in [0.15, 0.2) is 66.7 Å². The van der Waals surface area contributed by atoms with Crippen molar-refractivity contribution in [2.45, 2.75) is 50.7 Å². The lowest BCUT2D eigenvalue weighted by molar-refractivity contribution is -0.145. The van der Waals surface area contributed by atoms with Crippen LogP contribution in [0.2, 0.25) is 0 Å². The summed E-state index contributed by atoms with van der Waals surface area (Å²) in [4.78, 5) is 40.5. The van der Waals surface area contributed by atoms with Crippen LogP contribution >= 0.6 is 0 Å². The normalized spacial score (nSPS) is 23.3. The number of rotatable bonds is 4. The van der Waals surface area contributed by atoms with E-state index in [1.165, 1.54) is 0 Å². The minimum Gasteiger partial charge on any atom is -0.463 e. The summed E-state index contributed by atoms with van der Waals surface area (Å²) >= 11 is 0. The molecule has 2 amide bonds. The van der Waals surface area contributed by atoms with Gasteiger partial charge in [-0.05, 0) is 36.0 Å². The molecule has 35 heavy (non-hydrogen) atoms. The van der Waals surface area contributed by atoms with Crippen molar-refractivity contribution in [2.75, 3.05) is 13.2 Å². The standard InChI is InChI=1S/C28H32N2O5/c31-18-24-15-21-11-7-8-13-23(21)17-30(24)26(32)16-22-12-5-2-6-14-27(33)35-19-25(29-28(22)34)20-9-3-1-4-10-20/h1-5,7-11,13,22,24-25,31H,6,12,14-19H2,(H,29,34)/t22-,24+,25-/m1/s1. The van der Waals surface area contributed by atoms with Crippen LogP contribution in [0.5, 0.6) is 0 Å². The molecule has 2 aromatic carbocycles. The number of nitrogens with zero attached hydrogens (tertiary/aromatic N) is 1. The van der Waals surface area contributed by atoms with Gasteiger partial charge in [-0.1, -0.05) is 66.7 Å². The second-order valence-electron chi connectivity index (χ2n) is 9.13. The minimum atomic E-state index is -0.573. The summed E-state index contributed by atoms with van der Waals surface area (Å²) in [6.07, 6.45) is 5.53. The highest BCUT2D eigenvalue weighted by Gasteiger charge is 2.32. The molecule has 0 aliphatic carbocycles. The summed E-state index contributed by atoms with van der Waals surface area (Å²) in [5.74, 6) is -1.29. The molecule has 0 fully saturated rings. The van der Waals surface area contributed by atoms with Crippen molar-refractivity contribution in [3.05, 3.63) is 83.4 Å². The number of nitrogens with one attached hydrogen (secondary N) is 1. The molecule has 0 saturated carbocycles. The molecule has 0 saturated heterocycles. The number of hydrogen-bond acceptors (Lipinski definition) is 5. The second kappa shape index (κ2) is 11.8. The van der Waals surface area contributed by atoms with E-state index in [9.17, 15) is 19.5 Å². The zero-order valence-corrected chi connectivity index (χ0v) is 19.8. The molecule has 2 aromatic rings. The van der Waals surface area contributed by atoms with Gasteiger partial charge in [0.1, 0.15) is 6.61 Å². The van der Waals surface area contributed by atoms with E-state index < -0.39 is 12.0 Å². The molecule has 3 atom stereocenters. The van der Waals surface area contributed by atoms with Crippen molar-refractivity contribution in [1.82, 2.24) is 10.2 Å². The zero-order chi connectivity index (χ0) is 24.6. The average molecular weight is 477 g/mol. The molecule has 2 heterocycles. The van der Waals surface area contributed by atoms with Gasteiger partial charge in [-0.2, -0.15) is 0 Å². The van der Waals surface area contributed by atoms with Gasteiger partial charge in [0.15, 0.2) is 0 Å². The predicted octanol–water partition coefficient (Wildman–Crippen LogP) is 3.08. The summed E-state index contributed by atoms with van der Waals surface area (Å²) in [6, 6.07) is 16.5. The molecule has 2 N–H and O–H groups in total. The van der Waals surface area contributed by atoms with E-state index in [2.05, 4.69) is 5.32 Å². The number of allylic oxidation sites excluding steroid dienone is 2. The van der Waals surface area contributed by atoms with E-state index in [0.717, 1.165) is 16.7 Å². The van der Waals surface area contributed by atoms with Crippen molar-refractivity contribution in [3.8, 4) is 0 Å². The van der Waals surface area contributed by atoms with E-state index >= 15 is 0 Å². The Bertz CT molecular complexity index is 1070. The summed E-state index contributed by atoms with van der Waals surface area (Å²) in [6.45, 7) is 0.333. The monoisotopic (exact) mass is 476 g/mol. The van der Waals surface area contributed by atoms with E-state index in [1.807, 2.05) is 66.7 Å². The Morgan fingerprint density at radius 3 is 2.54 bits per heavy atom. The first-order valence-electron chi connectivity index (χ1n) is 12.2. The highest BCUT2D eigenvalue weighted by Crippen LogP contribution is 2.26. The van der Waals surface area contributed by atoms with Crippen LogP contribution in [0.3, 0.4) is 0 Å². The zero-order valence-electron chi connectivity index (χ0n) is 19.8. The Kier molecular flexibility index (Phi) is 8.32. The maximum absolute atomic E-state index is 13.4. The lowest BCUT2D eigenvalue weighted by Gasteiger charge is -2.36. The van der Waals surface area contributed by atoms with E-state index in [-0.39, 0.29) is 49.9 Å². The predicted molar refractivity (Wildman–Crippen MR) is 131 cm³/mol. The number of carbonyl (C=O) groups excluding carboxylic acids is 3. The second-order valence-corrected chi connectivity index (χ2v) is 9.13. The van der Waals surface area contributed by atoms with Gasteiger partial charge >= 0.3 is 5.97 Å². The Balaban J connectivity index is 1.52. The Morgan fingerprint density at radius 2 is 1.77 bits per heavy atom. The van der Waals surface area contributed by atoms with Gasteiger partial charge in [-0.25, -0.2) is 0 Å². The van der Waals surface area contributed by atoms with Crippen molar-refractivity contribution >= 4 is 17.8 Å². The van der Waals surface area contributed by atoms with Crippen LogP contribution in [-0.4, -0.2) is 47.0 Å². The number of carbonyl (C=O) groups is 3. The lowest BCUT2D eigenvalue weighted by atomic mass is 9.92. The first-order chi connectivity index (χ1) is 17.0. The molecule has 7 heteroatoms. The van der Waals surface area contributed by atoms with Crippen molar-refractivity contribution < 1.29 is 24.2 Å². The van der Waals surface area contributed by atoms with Gasteiger partial charge in [-0.15, -0.1) is 0 Å². The number of cyclic esters (lactones) is 1. The number of fused-ring (bicyclic) bond motifs is 1. The molecule has 2 aliphatic rings. The molecule has 2 aliphatic heterocycles. The van der Waals surface area contributed by atoms with Gasteiger partial charge in [0.05, 0.1) is 24.6 Å². The van der Waals surface area contributed by atoms with Crippen molar-refractivity contribution in [2.24, 2.45) is 5.92 Å². The molecular formula is C28H32N2O5. The number of benzene rings is 2. The third kappa shape index (κ3) is 6.36. The SMILES string of the molecule is O=C1CCC=CC[C@H](CC(=O)N2Cc3ccccc3C[C@H]2CO)C(=O)N[C@@H](c2ccccc2)CO1. The lowest BCUT2D eigenvalue weighted by Crippen LogP contribution is -2.47. The van der Waals surface area contributed by atoms with Crippen LogP contribution < -0.4 is 5.32 Å². The molecule has 0 aromatic heterocycles. The Hall–Kier alpha value is -3.45. The number of aliphatic hydroxyl groups excluding tert-OH is 1. The van der Waals surface area contributed by atoms with Crippen LogP contribution in [0.4, 0.5) is 0 Å².